The maximum Gasteiger partial charge on any atom is 0.356 e. The molecule has 5 nitrogen and oxygen atoms in total. The molecule has 1 heterocycles. The van der Waals surface area contributed by atoms with E-state index in [4.69, 9.17) is 21.5 Å². The minimum Gasteiger partial charge on any atom is -0.461 e. The summed E-state index contributed by atoms with van der Waals surface area (Å²) in [5.41, 5.74) is 0.776. The molecule has 0 atom stereocenters. The Morgan fingerprint density at radius 1 is 1.60 bits per heavy atom. The van der Waals surface area contributed by atoms with E-state index in [2.05, 4.69) is 10.1 Å². The number of hydrogen-bond acceptors (Lipinski definition) is 7. The van der Waals surface area contributed by atoms with Crippen molar-refractivity contribution in [2.24, 2.45) is 5.16 Å². The molecule has 0 fully saturated rings. The highest BCUT2D eigenvalue weighted by molar-refractivity contribution is 8.01. The van der Waals surface area contributed by atoms with Gasteiger partial charge in [-0.05, 0) is 25.1 Å². The number of oxime groups is 1. The molecule has 0 saturated carbocycles. The Hall–Kier alpha value is -1.31. The number of carbonyl (C=O) groups excluding carboxylic acids is 1. The van der Waals surface area contributed by atoms with Crippen LogP contribution in [0.4, 0.5) is 0 Å². The highest BCUT2D eigenvalue weighted by Gasteiger charge is 2.15. The van der Waals surface area contributed by atoms with Gasteiger partial charge in [0.15, 0.2) is 10.1 Å². The van der Waals surface area contributed by atoms with E-state index in [1.165, 1.54) is 23.1 Å². The van der Waals surface area contributed by atoms with E-state index < -0.39 is 5.97 Å². The van der Waals surface area contributed by atoms with Crippen LogP contribution in [0.2, 0.25) is 5.02 Å². The van der Waals surface area contributed by atoms with E-state index in [-0.39, 0.29) is 18.1 Å². The Balaban J connectivity index is 2.06. The minimum absolute atomic E-state index is 0.0332. The van der Waals surface area contributed by atoms with Crippen LogP contribution < -0.4 is 0 Å². The van der Waals surface area contributed by atoms with E-state index in [1.54, 1.807) is 19.1 Å². The zero-order chi connectivity index (χ0) is 14.5. The second kappa shape index (κ2) is 6.92. The van der Waals surface area contributed by atoms with Crippen molar-refractivity contribution >= 4 is 56.6 Å². The van der Waals surface area contributed by atoms with Crippen molar-refractivity contribution in [2.45, 2.75) is 11.3 Å². The van der Waals surface area contributed by atoms with Crippen LogP contribution in [0.1, 0.15) is 6.92 Å². The van der Waals surface area contributed by atoms with Gasteiger partial charge >= 0.3 is 5.97 Å². The van der Waals surface area contributed by atoms with Crippen molar-refractivity contribution in [1.82, 2.24) is 4.98 Å². The van der Waals surface area contributed by atoms with Gasteiger partial charge in [0.1, 0.15) is 0 Å². The third-order valence-corrected chi connectivity index (χ3v) is 4.72. The maximum absolute atomic E-state index is 11.5. The lowest BCUT2D eigenvalue weighted by molar-refractivity contribution is -0.135. The molecule has 8 heteroatoms. The topological polar surface area (TPSA) is 71.8 Å². The molecular formula is C12H11ClN2O3S2. The van der Waals surface area contributed by atoms with Crippen molar-refractivity contribution in [2.75, 3.05) is 12.4 Å². The van der Waals surface area contributed by atoms with Crippen LogP contribution >= 0.6 is 34.7 Å². The molecule has 0 unspecified atom stereocenters. The molecule has 0 radical (unpaired) electrons. The van der Waals surface area contributed by atoms with Crippen LogP contribution in [0.15, 0.2) is 27.7 Å². The minimum atomic E-state index is -0.619. The van der Waals surface area contributed by atoms with E-state index in [0.29, 0.717) is 5.02 Å². The number of thioether (sulfide) groups is 1. The molecule has 0 bridgehead atoms. The first-order valence-electron chi connectivity index (χ1n) is 5.71. The summed E-state index contributed by atoms with van der Waals surface area (Å²) in [6.07, 6.45) is 0. The van der Waals surface area contributed by atoms with Gasteiger partial charge in [-0.2, -0.15) is 0 Å². The van der Waals surface area contributed by atoms with Crippen LogP contribution in [0.3, 0.4) is 0 Å². The van der Waals surface area contributed by atoms with Crippen LogP contribution in [-0.2, 0) is 9.53 Å². The molecule has 0 amide bonds. The zero-order valence-corrected chi connectivity index (χ0v) is 12.9. The van der Waals surface area contributed by atoms with E-state index in [9.17, 15) is 4.79 Å². The van der Waals surface area contributed by atoms with Crippen LogP contribution in [-0.4, -0.2) is 34.2 Å². The predicted octanol–water partition coefficient (Wildman–Crippen LogP) is 3.44. The van der Waals surface area contributed by atoms with Gasteiger partial charge in [0.05, 0.1) is 22.6 Å². The smallest absolute Gasteiger partial charge is 0.356 e. The van der Waals surface area contributed by atoms with Gasteiger partial charge in [-0.1, -0.05) is 28.5 Å². The Bertz CT molecular complexity index is 657. The van der Waals surface area contributed by atoms with Gasteiger partial charge < -0.3 is 9.94 Å². The molecule has 0 spiro atoms. The van der Waals surface area contributed by atoms with Gasteiger partial charge in [-0.15, -0.1) is 11.3 Å². The van der Waals surface area contributed by atoms with E-state index in [1.807, 2.05) is 6.07 Å². The van der Waals surface area contributed by atoms with Crippen molar-refractivity contribution in [3.8, 4) is 0 Å². The molecule has 1 N–H and O–H groups in total. The van der Waals surface area contributed by atoms with Crippen molar-refractivity contribution < 1.29 is 14.7 Å². The maximum atomic E-state index is 11.5. The molecule has 1 aromatic carbocycles. The lowest BCUT2D eigenvalue weighted by Crippen LogP contribution is -2.19. The first-order chi connectivity index (χ1) is 9.63. The predicted molar refractivity (Wildman–Crippen MR) is 81.2 cm³/mol. The van der Waals surface area contributed by atoms with Gasteiger partial charge in [-0.3, -0.25) is 0 Å². The fourth-order valence-corrected chi connectivity index (χ4v) is 3.54. The lowest BCUT2D eigenvalue weighted by atomic mass is 10.3. The molecule has 1 aromatic heterocycles. The molecule has 0 aliphatic carbocycles. The number of hydrogen-bond donors (Lipinski definition) is 1. The summed E-state index contributed by atoms with van der Waals surface area (Å²) in [5.74, 6) is -0.422. The Morgan fingerprint density at radius 2 is 2.40 bits per heavy atom. The normalized spacial score (nSPS) is 11.8. The molecule has 0 saturated heterocycles. The molecule has 2 rings (SSSR count). The first kappa shape index (κ1) is 15.1. The van der Waals surface area contributed by atoms with Crippen LogP contribution in [0.5, 0.6) is 0 Å². The summed E-state index contributed by atoms with van der Waals surface area (Å²) in [6, 6.07) is 5.48. The average molecular weight is 331 g/mol. The highest BCUT2D eigenvalue weighted by atomic mass is 35.5. The number of fused-ring (bicyclic) bond motifs is 1. The summed E-state index contributed by atoms with van der Waals surface area (Å²) in [4.78, 5) is 15.8. The zero-order valence-electron chi connectivity index (χ0n) is 10.5. The molecule has 20 heavy (non-hydrogen) atoms. The third-order valence-electron chi connectivity index (χ3n) is 2.29. The lowest BCUT2D eigenvalue weighted by Gasteiger charge is -2.01. The molecular weight excluding hydrogens is 320 g/mol. The third kappa shape index (κ3) is 3.62. The number of esters is 1. The summed E-state index contributed by atoms with van der Waals surface area (Å²) in [5, 5.41) is 12.4. The molecule has 2 aromatic rings. The Morgan fingerprint density at radius 3 is 3.10 bits per heavy atom. The van der Waals surface area contributed by atoms with Crippen molar-refractivity contribution in [3.63, 3.8) is 0 Å². The van der Waals surface area contributed by atoms with Gasteiger partial charge in [-0.25, -0.2) is 9.78 Å². The standard InChI is InChI=1S/C12H11ClN2O3S2/c1-2-18-11(16)9(15-17)6-19-12-14-8-5-7(13)3-4-10(8)20-12/h3-5,17H,2,6H2,1H3. The number of carbonyl (C=O) groups is 1. The first-order valence-corrected chi connectivity index (χ1v) is 7.89. The van der Waals surface area contributed by atoms with Crippen LogP contribution in [0.25, 0.3) is 10.2 Å². The summed E-state index contributed by atoms with van der Waals surface area (Å²) in [7, 11) is 0. The second-order valence-corrected chi connectivity index (χ2v) is 6.34. The number of benzene rings is 1. The highest BCUT2D eigenvalue weighted by Crippen LogP contribution is 2.31. The Labute approximate surface area is 128 Å². The summed E-state index contributed by atoms with van der Waals surface area (Å²) < 4.78 is 6.56. The summed E-state index contributed by atoms with van der Waals surface area (Å²) >= 11 is 8.70. The van der Waals surface area contributed by atoms with Crippen molar-refractivity contribution in [3.05, 3.63) is 23.2 Å². The quantitative estimate of drug-likeness (QED) is 0.299. The molecule has 0 aliphatic heterocycles. The van der Waals surface area contributed by atoms with Gasteiger partial charge in [0.25, 0.3) is 0 Å². The SMILES string of the molecule is CCOC(=O)C(CSc1nc2cc(Cl)ccc2s1)=NO. The van der Waals surface area contributed by atoms with E-state index in [0.717, 1.165) is 14.6 Å². The van der Waals surface area contributed by atoms with Crippen LogP contribution in [0, 0.1) is 0 Å². The largest absolute Gasteiger partial charge is 0.461 e. The van der Waals surface area contributed by atoms with E-state index >= 15 is 0 Å². The molecule has 0 aliphatic rings. The van der Waals surface area contributed by atoms with Gasteiger partial charge in [0, 0.05) is 5.02 Å². The number of rotatable bonds is 5. The monoisotopic (exact) mass is 330 g/mol. The number of aromatic nitrogens is 1. The number of thiazole rings is 1. The fourth-order valence-electron chi connectivity index (χ4n) is 1.41. The second-order valence-electron chi connectivity index (χ2n) is 3.65. The van der Waals surface area contributed by atoms with Gasteiger partial charge in [0.2, 0.25) is 0 Å². The fraction of sp³-hybridized carbons (Fsp3) is 0.250. The average Bonchev–Trinajstić information content (AvgIpc) is 2.81. The number of halogens is 1. The summed E-state index contributed by atoms with van der Waals surface area (Å²) in [6.45, 7) is 1.93. The Kier molecular flexibility index (Phi) is 5.22. The number of ether oxygens (including phenoxy) is 1. The number of nitrogens with zero attached hydrogens (tertiary/aromatic N) is 2. The van der Waals surface area contributed by atoms with Crippen molar-refractivity contribution in [1.29, 1.82) is 0 Å². The molecule has 106 valence electrons.